The first-order chi connectivity index (χ1) is 5.25. The Bertz CT molecular complexity index is 211. The quantitative estimate of drug-likeness (QED) is 0.431. The Labute approximate surface area is 70.3 Å². The molecule has 0 bridgehead atoms. The van der Waals surface area contributed by atoms with Gasteiger partial charge in [0, 0.05) is 0 Å². The van der Waals surface area contributed by atoms with E-state index in [1.807, 2.05) is 0 Å². The van der Waals surface area contributed by atoms with E-state index in [-0.39, 0.29) is 0 Å². The van der Waals surface area contributed by atoms with Crippen LogP contribution in [0.2, 0.25) is 0 Å². The van der Waals surface area contributed by atoms with Crippen LogP contribution in [-0.2, 0) is 9.36 Å². The van der Waals surface area contributed by atoms with E-state index in [0.717, 1.165) is 0 Å². The summed E-state index contributed by atoms with van der Waals surface area (Å²) >= 11 is 0. The normalized spacial score (nSPS) is 16.8. The van der Waals surface area contributed by atoms with Crippen LogP contribution in [0.25, 0.3) is 0 Å². The van der Waals surface area contributed by atoms with Gasteiger partial charge in [0.15, 0.2) is 0 Å². The summed E-state index contributed by atoms with van der Waals surface area (Å²) < 4.78 is 10.5. The average molecular weight is 196 g/mol. The molecule has 0 heterocycles. The lowest BCUT2D eigenvalue weighted by Crippen LogP contribution is -2.42. The van der Waals surface area contributed by atoms with E-state index in [4.69, 9.17) is 15.5 Å². The van der Waals surface area contributed by atoms with Gasteiger partial charge in [-0.15, -0.1) is 0 Å². The molecule has 1 amide bonds. The van der Waals surface area contributed by atoms with Crippen molar-refractivity contribution in [2.24, 2.45) is 5.73 Å². The van der Waals surface area contributed by atoms with Gasteiger partial charge in [-0.2, -0.15) is 0 Å². The Morgan fingerprint density at radius 2 is 1.92 bits per heavy atom. The summed E-state index contributed by atoms with van der Waals surface area (Å²) in [6, 6.07) is -0.765. The van der Waals surface area contributed by atoms with Crippen LogP contribution in [0.4, 0.5) is 0 Å². The van der Waals surface area contributed by atoms with Crippen LogP contribution in [0.3, 0.4) is 0 Å². The third-order valence-corrected chi connectivity index (χ3v) is 2.41. The van der Waals surface area contributed by atoms with Gasteiger partial charge in [-0.1, -0.05) is 0 Å². The molecule has 0 spiro atoms. The van der Waals surface area contributed by atoms with Gasteiger partial charge in [-0.3, -0.25) is 9.36 Å². The van der Waals surface area contributed by atoms with Gasteiger partial charge in [0.05, 0.1) is 6.04 Å². The van der Waals surface area contributed by atoms with Crippen molar-refractivity contribution in [3.05, 3.63) is 0 Å². The van der Waals surface area contributed by atoms with E-state index < -0.39 is 25.3 Å². The van der Waals surface area contributed by atoms with E-state index in [0.29, 0.717) is 0 Å². The van der Waals surface area contributed by atoms with Crippen molar-refractivity contribution in [1.29, 1.82) is 0 Å². The average Bonchev–Trinajstić information content (AvgIpc) is 1.85. The lowest BCUT2D eigenvalue weighted by molar-refractivity contribution is -0.122. The number of carbonyl (C=O) groups excluding carboxylic acids is 1. The van der Waals surface area contributed by atoms with Gasteiger partial charge in [0.1, 0.15) is 5.78 Å². The summed E-state index contributed by atoms with van der Waals surface area (Å²) in [5.41, 5.74) is 5.16. The molecule has 0 aromatic heterocycles. The summed E-state index contributed by atoms with van der Waals surface area (Å²) in [5, 5.41) is 2.09. The third kappa shape index (κ3) is 3.82. The van der Waals surface area contributed by atoms with Crippen molar-refractivity contribution in [2.45, 2.75) is 25.7 Å². The fourth-order valence-corrected chi connectivity index (χ4v) is 0.717. The van der Waals surface area contributed by atoms with Crippen molar-refractivity contribution >= 4 is 13.5 Å². The standard InChI is InChI=1S/C5H13N2O4P/c1-3(6)5(8)7-4(2)12(9,10)11/h3-4H,6H2,1-2H3,(H,7,8)(H2,9,10,11)/t3-,4+/m1/s1. The highest BCUT2D eigenvalue weighted by atomic mass is 31.2. The highest BCUT2D eigenvalue weighted by molar-refractivity contribution is 7.52. The Morgan fingerprint density at radius 1 is 1.50 bits per heavy atom. The third-order valence-electron chi connectivity index (χ3n) is 1.27. The molecule has 72 valence electrons. The van der Waals surface area contributed by atoms with Crippen LogP contribution < -0.4 is 11.1 Å². The Balaban J connectivity index is 4.11. The minimum Gasteiger partial charge on any atom is -0.341 e. The maximum absolute atomic E-state index is 10.8. The van der Waals surface area contributed by atoms with Crippen LogP contribution in [-0.4, -0.2) is 27.5 Å². The first kappa shape index (κ1) is 11.6. The second-order valence-corrected chi connectivity index (χ2v) is 4.52. The number of hydrogen-bond acceptors (Lipinski definition) is 3. The maximum atomic E-state index is 10.8. The molecule has 6 nitrogen and oxygen atoms in total. The Morgan fingerprint density at radius 3 is 2.17 bits per heavy atom. The second-order valence-electron chi connectivity index (χ2n) is 2.56. The molecule has 0 aromatic rings. The predicted octanol–water partition coefficient (Wildman–Crippen LogP) is -1.03. The Kier molecular flexibility index (Phi) is 3.86. The lowest BCUT2D eigenvalue weighted by atomic mass is 10.3. The molecular formula is C5H13N2O4P. The number of hydrogen-bond donors (Lipinski definition) is 4. The van der Waals surface area contributed by atoms with Crippen LogP contribution in [0, 0.1) is 0 Å². The van der Waals surface area contributed by atoms with E-state index in [2.05, 4.69) is 5.32 Å². The SMILES string of the molecule is C[C@@H](N)C(=O)N[C@H](C)P(=O)(O)O. The van der Waals surface area contributed by atoms with Crippen LogP contribution in [0.5, 0.6) is 0 Å². The molecule has 0 fully saturated rings. The molecule has 0 saturated carbocycles. The summed E-state index contributed by atoms with van der Waals surface area (Å²) in [7, 11) is -4.24. The fraction of sp³-hybridized carbons (Fsp3) is 0.800. The first-order valence-electron chi connectivity index (χ1n) is 3.36. The molecule has 12 heavy (non-hydrogen) atoms. The molecule has 2 atom stereocenters. The molecule has 5 N–H and O–H groups in total. The molecule has 0 aromatic carbocycles. The van der Waals surface area contributed by atoms with Crippen molar-refractivity contribution in [3.63, 3.8) is 0 Å². The van der Waals surface area contributed by atoms with Crippen LogP contribution in [0.15, 0.2) is 0 Å². The van der Waals surface area contributed by atoms with Gasteiger partial charge >= 0.3 is 7.60 Å². The smallest absolute Gasteiger partial charge is 0.341 e. The highest BCUT2D eigenvalue weighted by Crippen LogP contribution is 2.38. The van der Waals surface area contributed by atoms with Gasteiger partial charge in [0.25, 0.3) is 0 Å². The summed E-state index contributed by atoms with van der Waals surface area (Å²) in [4.78, 5) is 28.0. The van der Waals surface area contributed by atoms with Crippen LogP contribution >= 0.6 is 7.60 Å². The number of nitrogens with two attached hydrogens (primary N) is 1. The van der Waals surface area contributed by atoms with E-state index in [1.54, 1.807) is 0 Å². The lowest BCUT2D eigenvalue weighted by Gasteiger charge is -2.16. The number of nitrogens with one attached hydrogen (secondary N) is 1. The van der Waals surface area contributed by atoms with Gasteiger partial charge in [-0.05, 0) is 13.8 Å². The minimum atomic E-state index is -4.24. The van der Waals surface area contributed by atoms with Crippen molar-refractivity contribution in [3.8, 4) is 0 Å². The molecule has 0 aliphatic heterocycles. The minimum absolute atomic E-state index is 0.578. The van der Waals surface area contributed by atoms with Gasteiger partial charge in [-0.25, -0.2) is 0 Å². The molecule has 0 aliphatic rings. The number of carbonyl (C=O) groups is 1. The zero-order chi connectivity index (χ0) is 9.94. The van der Waals surface area contributed by atoms with E-state index in [1.165, 1.54) is 13.8 Å². The zero-order valence-corrected chi connectivity index (χ0v) is 7.78. The van der Waals surface area contributed by atoms with Crippen molar-refractivity contribution < 1.29 is 19.1 Å². The summed E-state index contributed by atoms with van der Waals surface area (Å²) in [6.45, 7) is 2.66. The fourth-order valence-electron chi connectivity index (χ4n) is 0.421. The van der Waals surface area contributed by atoms with E-state index in [9.17, 15) is 9.36 Å². The zero-order valence-electron chi connectivity index (χ0n) is 6.89. The van der Waals surface area contributed by atoms with Crippen LogP contribution in [0.1, 0.15) is 13.8 Å². The Hall–Kier alpha value is -0.420. The summed E-state index contributed by atoms with van der Waals surface area (Å²) in [6.07, 6.45) is 0. The molecule has 0 radical (unpaired) electrons. The number of amides is 1. The molecule has 0 saturated heterocycles. The van der Waals surface area contributed by atoms with Gasteiger partial charge < -0.3 is 20.8 Å². The molecule has 0 unspecified atom stereocenters. The molecule has 0 rings (SSSR count). The number of rotatable bonds is 3. The van der Waals surface area contributed by atoms with Crippen molar-refractivity contribution in [2.75, 3.05) is 0 Å². The largest absolute Gasteiger partial charge is 0.347 e. The molecular weight excluding hydrogens is 183 g/mol. The molecule has 7 heteroatoms. The molecule has 0 aliphatic carbocycles. The topological polar surface area (TPSA) is 113 Å². The first-order valence-corrected chi connectivity index (χ1v) is 5.04. The summed E-state index contributed by atoms with van der Waals surface area (Å²) in [5.74, 6) is -1.76. The van der Waals surface area contributed by atoms with Crippen molar-refractivity contribution in [1.82, 2.24) is 5.32 Å². The maximum Gasteiger partial charge on any atom is 0.347 e. The monoisotopic (exact) mass is 196 g/mol. The predicted molar refractivity (Wildman–Crippen MR) is 43.3 cm³/mol. The van der Waals surface area contributed by atoms with E-state index >= 15 is 0 Å². The van der Waals surface area contributed by atoms with Gasteiger partial charge in [0.2, 0.25) is 5.91 Å². The second kappa shape index (κ2) is 4.00. The highest BCUT2D eigenvalue weighted by Gasteiger charge is 2.26.